The molecule has 0 aliphatic rings. The average molecular weight is 298 g/mol. The lowest BCUT2D eigenvalue weighted by Crippen LogP contribution is -2.31. The minimum absolute atomic E-state index is 0.0668. The Labute approximate surface area is 131 Å². The maximum Gasteiger partial charge on any atom is 0.272 e. The lowest BCUT2D eigenvalue weighted by Gasteiger charge is -2.19. The van der Waals surface area contributed by atoms with Crippen molar-refractivity contribution in [2.24, 2.45) is 0 Å². The largest absolute Gasteiger partial charge is 0.363 e. The Morgan fingerprint density at radius 3 is 2.50 bits per heavy atom. The molecule has 0 aliphatic heterocycles. The van der Waals surface area contributed by atoms with Crippen molar-refractivity contribution in [1.82, 2.24) is 14.9 Å². The van der Waals surface area contributed by atoms with Gasteiger partial charge in [0.15, 0.2) is 0 Å². The summed E-state index contributed by atoms with van der Waals surface area (Å²) in [4.78, 5) is 22.4. The van der Waals surface area contributed by atoms with Gasteiger partial charge in [-0.25, -0.2) is 9.97 Å². The lowest BCUT2D eigenvalue weighted by atomic mass is 10.1. The number of rotatable bonds is 6. The summed E-state index contributed by atoms with van der Waals surface area (Å²) in [6, 6.07) is 11.9. The molecule has 1 amide bonds. The van der Waals surface area contributed by atoms with Crippen molar-refractivity contribution in [1.29, 1.82) is 0 Å². The first kappa shape index (κ1) is 15.9. The monoisotopic (exact) mass is 298 g/mol. The van der Waals surface area contributed by atoms with Crippen molar-refractivity contribution in [2.45, 2.75) is 26.8 Å². The van der Waals surface area contributed by atoms with Gasteiger partial charge in [-0.2, -0.15) is 0 Å². The highest BCUT2D eigenvalue weighted by Crippen LogP contribution is 2.17. The zero-order chi connectivity index (χ0) is 15.9. The fourth-order valence-electron chi connectivity index (χ4n) is 2.27. The fraction of sp³-hybridized carbons (Fsp3) is 0.353. The van der Waals surface area contributed by atoms with E-state index in [-0.39, 0.29) is 11.9 Å². The molecule has 2 rings (SSSR count). The van der Waals surface area contributed by atoms with E-state index in [2.05, 4.69) is 34.3 Å². The third-order valence-electron chi connectivity index (χ3n) is 3.60. The number of nitrogens with one attached hydrogen (secondary N) is 1. The second-order valence-electron chi connectivity index (χ2n) is 5.04. The molecule has 5 nitrogen and oxygen atoms in total. The highest BCUT2D eigenvalue weighted by Gasteiger charge is 2.15. The van der Waals surface area contributed by atoms with Crippen molar-refractivity contribution in [2.75, 3.05) is 18.4 Å². The molecule has 0 saturated carbocycles. The Bertz CT molecular complexity index is 611. The Kier molecular flexibility index (Phi) is 5.47. The number of anilines is 1. The third-order valence-corrected chi connectivity index (χ3v) is 3.60. The standard InChI is InChI=1S/C17H22N4O/c1-4-21(5-2)17(22)15-11-16(19-12-18-15)20-13(3)14-9-7-6-8-10-14/h6-13H,4-5H2,1-3H3,(H,18,19,20). The Morgan fingerprint density at radius 2 is 1.86 bits per heavy atom. The van der Waals surface area contributed by atoms with E-state index in [9.17, 15) is 4.79 Å². The van der Waals surface area contributed by atoms with Gasteiger partial charge in [-0.15, -0.1) is 0 Å². The lowest BCUT2D eigenvalue weighted by molar-refractivity contribution is 0.0767. The minimum atomic E-state index is -0.0668. The molecule has 1 heterocycles. The van der Waals surface area contributed by atoms with Crippen LogP contribution >= 0.6 is 0 Å². The van der Waals surface area contributed by atoms with Gasteiger partial charge in [0.25, 0.3) is 5.91 Å². The number of amides is 1. The van der Waals surface area contributed by atoms with E-state index < -0.39 is 0 Å². The number of nitrogens with zero attached hydrogens (tertiary/aromatic N) is 3. The van der Waals surface area contributed by atoms with E-state index in [0.717, 1.165) is 5.56 Å². The summed E-state index contributed by atoms with van der Waals surface area (Å²) < 4.78 is 0. The van der Waals surface area contributed by atoms with Gasteiger partial charge in [0.1, 0.15) is 17.8 Å². The maximum absolute atomic E-state index is 12.3. The number of aromatic nitrogens is 2. The summed E-state index contributed by atoms with van der Waals surface area (Å²) in [7, 11) is 0. The molecule has 0 fully saturated rings. The van der Waals surface area contributed by atoms with Gasteiger partial charge in [-0.1, -0.05) is 30.3 Å². The van der Waals surface area contributed by atoms with E-state index in [4.69, 9.17) is 0 Å². The van der Waals surface area contributed by atoms with Crippen molar-refractivity contribution < 1.29 is 4.79 Å². The first-order chi connectivity index (χ1) is 10.7. The molecular formula is C17H22N4O. The molecule has 1 atom stereocenters. The summed E-state index contributed by atoms with van der Waals surface area (Å²) >= 11 is 0. The minimum Gasteiger partial charge on any atom is -0.363 e. The van der Waals surface area contributed by atoms with Crippen molar-refractivity contribution in [3.05, 3.63) is 54.0 Å². The van der Waals surface area contributed by atoms with Crippen LogP contribution in [0.2, 0.25) is 0 Å². The molecule has 0 spiro atoms. The smallest absolute Gasteiger partial charge is 0.272 e. The Morgan fingerprint density at radius 1 is 1.18 bits per heavy atom. The summed E-state index contributed by atoms with van der Waals surface area (Å²) in [6.45, 7) is 7.31. The summed E-state index contributed by atoms with van der Waals surface area (Å²) in [5.41, 5.74) is 1.58. The normalized spacial score (nSPS) is 11.8. The van der Waals surface area contributed by atoms with Crippen LogP contribution in [0.3, 0.4) is 0 Å². The van der Waals surface area contributed by atoms with E-state index in [1.54, 1.807) is 11.0 Å². The number of hydrogen-bond donors (Lipinski definition) is 1. The third kappa shape index (κ3) is 3.81. The highest BCUT2D eigenvalue weighted by atomic mass is 16.2. The van der Waals surface area contributed by atoms with Gasteiger partial charge in [0.2, 0.25) is 0 Å². The van der Waals surface area contributed by atoms with Crippen LogP contribution in [0, 0.1) is 0 Å². The van der Waals surface area contributed by atoms with Crippen LogP contribution in [0.4, 0.5) is 5.82 Å². The molecule has 1 unspecified atom stereocenters. The van der Waals surface area contributed by atoms with Crippen molar-refractivity contribution in [3.63, 3.8) is 0 Å². The molecule has 5 heteroatoms. The molecule has 1 N–H and O–H groups in total. The summed E-state index contributed by atoms with van der Waals surface area (Å²) in [5.74, 6) is 0.588. The number of benzene rings is 1. The molecule has 116 valence electrons. The van der Waals surface area contributed by atoms with Crippen LogP contribution in [-0.4, -0.2) is 33.9 Å². The second-order valence-corrected chi connectivity index (χ2v) is 5.04. The molecule has 0 aliphatic carbocycles. The second kappa shape index (κ2) is 7.54. The Hall–Kier alpha value is -2.43. The Balaban J connectivity index is 2.13. The van der Waals surface area contributed by atoms with Crippen LogP contribution in [0.1, 0.15) is 42.9 Å². The van der Waals surface area contributed by atoms with Crippen LogP contribution in [-0.2, 0) is 0 Å². The van der Waals surface area contributed by atoms with Crippen LogP contribution in [0.25, 0.3) is 0 Å². The van der Waals surface area contributed by atoms with Gasteiger partial charge < -0.3 is 10.2 Å². The number of carbonyl (C=O) groups excluding carboxylic acids is 1. The van der Waals surface area contributed by atoms with Gasteiger partial charge in [0, 0.05) is 25.2 Å². The first-order valence-electron chi connectivity index (χ1n) is 7.58. The number of hydrogen-bond acceptors (Lipinski definition) is 4. The van der Waals surface area contributed by atoms with Crippen molar-refractivity contribution >= 4 is 11.7 Å². The molecule has 22 heavy (non-hydrogen) atoms. The first-order valence-corrected chi connectivity index (χ1v) is 7.58. The SMILES string of the molecule is CCN(CC)C(=O)c1cc(NC(C)c2ccccc2)ncn1. The zero-order valence-corrected chi connectivity index (χ0v) is 13.3. The van der Waals surface area contributed by atoms with Gasteiger partial charge in [-0.05, 0) is 26.3 Å². The molecule has 1 aromatic carbocycles. The van der Waals surface area contributed by atoms with E-state index >= 15 is 0 Å². The van der Waals surface area contributed by atoms with E-state index in [1.165, 1.54) is 6.33 Å². The van der Waals surface area contributed by atoms with Crippen LogP contribution < -0.4 is 5.32 Å². The molecular weight excluding hydrogens is 276 g/mol. The van der Waals surface area contributed by atoms with Gasteiger partial charge in [0.05, 0.1) is 0 Å². The molecule has 0 saturated heterocycles. The molecule has 2 aromatic rings. The highest BCUT2D eigenvalue weighted by molar-refractivity contribution is 5.92. The predicted octanol–water partition coefficient (Wildman–Crippen LogP) is 3.13. The topological polar surface area (TPSA) is 58.1 Å². The van der Waals surface area contributed by atoms with E-state index in [1.807, 2.05) is 32.0 Å². The quantitative estimate of drug-likeness (QED) is 0.890. The predicted molar refractivity (Wildman–Crippen MR) is 87.8 cm³/mol. The molecule has 0 bridgehead atoms. The number of carbonyl (C=O) groups is 1. The molecule has 0 radical (unpaired) electrons. The molecule has 1 aromatic heterocycles. The van der Waals surface area contributed by atoms with Crippen molar-refractivity contribution in [3.8, 4) is 0 Å². The van der Waals surface area contributed by atoms with Crippen LogP contribution in [0.15, 0.2) is 42.7 Å². The average Bonchev–Trinajstić information content (AvgIpc) is 2.57. The summed E-state index contributed by atoms with van der Waals surface area (Å²) in [6.07, 6.45) is 1.43. The summed E-state index contributed by atoms with van der Waals surface area (Å²) in [5, 5.41) is 3.31. The zero-order valence-electron chi connectivity index (χ0n) is 13.3. The van der Waals surface area contributed by atoms with Crippen LogP contribution in [0.5, 0.6) is 0 Å². The van der Waals surface area contributed by atoms with Gasteiger partial charge in [-0.3, -0.25) is 4.79 Å². The van der Waals surface area contributed by atoms with Gasteiger partial charge >= 0.3 is 0 Å². The van der Waals surface area contributed by atoms with E-state index in [0.29, 0.717) is 24.6 Å². The maximum atomic E-state index is 12.3. The fourth-order valence-corrected chi connectivity index (χ4v) is 2.27.